The average molecular weight is 227 g/mol. The van der Waals surface area contributed by atoms with Gasteiger partial charge in [0.25, 0.3) is 5.92 Å². The first-order valence-corrected chi connectivity index (χ1v) is 5.78. The normalized spacial score (nSPS) is 11.8. The molecule has 90 valence electrons. The van der Waals surface area contributed by atoms with Crippen LogP contribution >= 0.6 is 0 Å². The van der Waals surface area contributed by atoms with E-state index < -0.39 is 5.92 Å². The van der Waals surface area contributed by atoms with E-state index in [1.807, 2.05) is 6.92 Å². The fourth-order valence-corrected chi connectivity index (χ4v) is 1.59. The summed E-state index contributed by atoms with van der Waals surface area (Å²) in [5, 5.41) is 3.16. The third-order valence-corrected chi connectivity index (χ3v) is 2.52. The zero-order chi connectivity index (χ0) is 12.0. The number of hydrogen-bond donors (Lipinski definition) is 1. The summed E-state index contributed by atoms with van der Waals surface area (Å²) in [5.74, 6) is -2.69. The standard InChI is InChI=1S/C13H19F2N/c1-3-9-13(14,15)12-7-5-11(6-8-12)10-16-4-2/h5-8,16H,3-4,9-10H2,1-2H3. The van der Waals surface area contributed by atoms with Gasteiger partial charge in [0, 0.05) is 18.5 Å². The van der Waals surface area contributed by atoms with E-state index >= 15 is 0 Å². The molecule has 0 fully saturated rings. The average Bonchev–Trinajstić information content (AvgIpc) is 2.27. The molecule has 1 nitrogen and oxygen atoms in total. The minimum absolute atomic E-state index is 0.0838. The van der Waals surface area contributed by atoms with Gasteiger partial charge >= 0.3 is 0 Å². The van der Waals surface area contributed by atoms with Crippen LogP contribution in [-0.2, 0) is 12.5 Å². The Balaban J connectivity index is 2.70. The van der Waals surface area contributed by atoms with E-state index in [9.17, 15) is 8.78 Å². The molecule has 0 aliphatic rings. The first-order valence-electron chi connectivity index (χ1n) is 5.78. The zero-order valence-corrected chi connectivity index (χ0v) is 9.89. The fraction of sp³-hybridized carbons (Fsp3) is 0.538. The molecule has 1 aromatic rings. The minimum atomic E-state index is -2.69. The maximum absolute atomic E-state index is 13.5. The lowest BCUT2D eigenvalue weighted by Gasteiger charge is -2.16. The van der Waals surface area contributed by atoms with Gasteiger partial charge in [-0.15, -0.1) is 0 Å². The fourth-order valence-electron chi connectivity index (χ4n) is 1.59. The van der Waals surface area contributed by atoms with Crippen LogP contribution in [0.3, 0.4) is 0 Å². The summed E-state index contributed by atoms with van der Waals surface area (Å²) >= 11 is 0. The largest absolute Gasteiger partial charge is 0.313 e. The van der Waals surface area contributed by atoms with E-state index in [-0.39, 0.29) is 12.0 Å². The third-order valence-electron chi connectivity index (χ3n) is 2.52. The first-order chi connectivity index (χ1) is 7.60. The molecule has 0 radical (unpaired) electrons. The molecule has 0 aliphatic heterocycles. The van der Waals surface area contributed by atoms with Crippen molar-refractivity contribution in [3.05, 3.63) is 35.4 Å². The highest BCUT2D eigenvalue weighted by molar-refractivity contribution is 5.25. The Labute approximate surface area is 95.9 Å². The van der Waals surface area contributed by atoms with Crippen LogP contribution in [0.25, 0.3) is 0 Å². The lowest BCUT2D eigenvalue weighted by Crippen LogP contribution is -2.14. The number of halogens is 2. The summed E-state index contributed by atoms with van der Waals surface area (Å²) in [4.78, 5) is 0. The molecule has 0 aliphatic carbocycles. The molecule has 0 amide bonds. The summed E-state index contributed by atoms with van der Waals surface area (Å²) in [6.07, 6.45) is 0.408. The number of nitrogens with one attached hydrogen (secondary N) is 1. The van der Waals surface area contributed by atoms with E-state index in [0.717, 1.165) is 18.7 Å². The molecule has 1 N–H and O–H groups in total. The van der Waals surface area contributed by atoms with Crippen LogP contribution in [0, 0.1) is 0 Å². The first kappa shape index (κ1) is 13.1. The van der Waals surface area contributed by atoms with Crippen molar-refractivity contribution in [2.45, 2.75) is 39.2 Å². The van der Waals surface area contributed by atoms with E-state index in [1.165, 1.54) is 12.1 Å². The second-order valence-electron chi connectivity index (χ2n) is 3.93. The van der Waals surface area contributed by atoms with Crippen molar-refractivity contribution >= 4 is 0 Å². The summed E-state index contributed by atoms with van der Waals surface area (Å²) < 4.78 is 27.0. The topological polar surface area (TPSA) is 12.0 Å². The van der Waals surface area contributed by atoms with Gasteiger partial charge in [-0.1, -0.05) is 44.5 Å². The molecule has 0 unspecified atom stereocenters. The van der Waals surface area contributed by atoms with Crippen LogP contribution in [-0.4, -0.2) is 6.54 Å². The molecule has 0 spiro atoms. The van der Waals surface area contributed by atoms with Crippen LogP contribution < -0.4 is 5.32 Å². The van der Waals surface area contributed by atoms with Gasteiger partial charge in [0.2, 0.25) is 0 Å². The molecule has 16 heavy (non-hydrogen) atoms. The van der Waals surface area contributed by atoms with Gasteiger partial charge in [-0.3, -0.25) is 0 Å². The zero-order valence-electron chi connectivity index (χ0n) is 9.89. The molecule has 0 saturated carbocycles. The summed E-state index contributed by atoms with van der Waals surface area (Å²) in [6.45, 7) is 5.40. The van der Waals surface area contributed by atoms with Gasteiger partial charge in [-0.25, -0.2) is 8.78 Å². The highest BCUT2D eigenvalue weighted by Gasteiger charge is 2.29. The molecule has 0 aromatic heterocycles. The Bertz CT molecular complexity index is 306. The highest BCUT2D eigenvalue weighted by Crippen LogP contribution is 2.32. The Morgan fingerprint density at radius 3 is 2.25 bits per heavy atom. The predicted octanol–water partition coefficient (Wildman–Crippen LogP) is 3.69. The molecular weight excluding hydrogens is 208 g/mol. The summed E-state index contributed by atoms with van der Waals surface area (Å²) in [7, 11) is 0. The van der Waals surface area contributed by atoms with E-state index in [1.54, 1.807) is 19.1 Å². The van der Waals surface area contributed by atoms with Crippen molar-refractivity contribution in [2.75, 3.05) is 6.54 Å². The van der Waals surface area contributed by atoms with Crippen LogP contribution in [0.2, 0.25) is 0 Å². The van der Waals surface area contributed by atoms with Crippen molar-refractivity contribution in [1.82, 2.24) is 5.32 Å². The van der Waals surface area contributed by atoms with Crippen LogP contribution in [0.15, 0.2) is 24.3 Å². The smallest absolute Gasteiger partial charge is 0.273 e. The number of benzene rings is 1. The molecular formula is C13H19F2N. The Kier molecular flexibility index (Phi) is 4.87. The molecule has 1 rings (SSSR count). The maximum atomic E-state index is 13.5. The molecule has 0 bridgehead atoms. The van der Waals surface area contributed by atoms with Crippen LogP contribution in [0.1, 0.15) is 37.8 Å². The van der Waals surface area contributed by atoms with Crippen molar-refractivity contribution in [3.8, 4) is 0 Å². The van der Waals surface area contributed by atoms with Crippen molar-refractivity contribution in [2.24, 2.45) is 0 Å². The molecule has 3 heteroatoms. The van der Waals surface area contributed by atoms with Crippen LogP contribution in [0.4, 0.5) is 8.78 Å². The second kappa shape index (κ2) is 5.94. The Morgan fingerprint density at radius 1 is 1.12 bits per heavy atom. The van der Waals surface area contributed by atoms with E-state index in [0.29, 0.717) is 6.42 Å². The number of rotatable bonds is 6. The van der Waals surface area contributed by atoms with Gasteiger partial charge in [-0.05, 0) is 12.1 Å². The number of alkyl halides is 2. The molecule has 0 atom stereocenters. The Morgan fingerprint density at radius 2 is 1.75 bits per heavy atom. The third kappa shape index (κ3) is 3.56. The van der Waals surface area contributed by atoms with Crippen molar-refractivity contribution < 1.29 is 8.78 Å². The summed E-state index contributed by atoms with van der Waals surface area (Å²) in [5.41, 5.74) is 1.16. The molecule has 0 saturated heterocycles. The monoisotopic (exact) mass is 227 g/mol. The van der Waals surface area contributed by atoms with Gasteiger partial charge in [0.15, 0.2) is 0 Å². The van der Waals surface area contributed by atoms with E-state index in [4.69, 9.17) is 0 Å². The second-order valence-corrected chi connectivity index (χ2v) is 3.93. The van der Waals surface area contributed by atoms with Gasteiger partial charge in [0.05, 0.1) is 0 Å². The molecule has 0 heterocycles. The lowest BCUT2D eigenvalue weighted by molar-refractivity contribution is -0.0140. The van der Waals surface area contributed by atoms with Crippen molar-refractivity contribution in [1.29, 1.82) is 0 Å². The SMILES string of the molecule is CCCC(F)(F)c1ccc(CNCC)cc1. The number of hydrogen-bond acceptors (Lipinski definition) is 1. The highest BCUT2D eigenvalue weighted by atomic mass is 19.3. The van der Waals surface area contributed by atoms with Gasteiger partial charge in [0.1, 0.15) is 0 Å². The van der Waals surface area contributed by atoms with E-state index in [2.05, 4.69) is 5.32 Å². The Hall–Kier alpha value is -0.960. The predicted molar refractivity (Wildman–Crippen MR) is 62.6 cm³/mol. The molecule has 1 aromatic carbocycles. The van der Waals surface area contributed by atoms with Gasteiger partial charge in [-0.2, -0.15) is 0 Å². The quantitative estimate of drug-likeness (QED) is 0.781. The maximum Gasteiger partial charge on any atom is 0.273 e. The minimum Gasteiger partial charge on any atom is -0.313 e. The van der Waals surface area contributed by atoms with Crippen molar-refractivity contribution in [3.63, 3.8) is 0 Å². The summed E-state index contributed by atoms with van der Waals surface area (Å²) in [6, 6.07) is 6.59. The van der Waals surface area contributed by atoms with Gasteiger partial charge < -0.3 is 5.32 Å². The van der Waals surface area contributed by atoms with Crippen LogP contribution in [0.5, 0.6) is 0 Å². The lowest BCUT2D eigenvalue weighted by atomic mass is 10.0.